The van der Waals surface area contributed by atoms with Crippen molar-refractivity contribution in [3.8, 4) is 0 Å². The van der Waals surface area contributed by atoms with E-state index in [0.29, 0.717) is 46.7 Å². The molecule has 286 valence electrons. The van der Waals surface area contributed by atoms with Crippen LogP contribution in [-0.4, -0.2) is 127 Å². The predicted octanol–water partition coefficient (Wildman–Crippen LogP) is 4.70. The van der Waals surface area contributed by atoms with Crippen molar-refractivity contribution >= 4 is 0 Å². The van der Waals surface area contributed by atoms with Crippen LogP contribution in [-0.2, 0) is 18.9 Å². The fourth-order valence-electron chi connectivity index (χ4n) is 14.4. The first-order valence-corrected chi connectivity index (χ1v) is 20.7. The highest BCUT2D eigenvalue weighted by atomic mass is 16.7. The lowest BCUT2D eigenvalue weighted by Crippen LogP contribution is -2.59. The lowest BCUT2D eigenvalue weighted by molar-refractivity contribution is -0.246. The summed E-state index contributed by atoms with van der Waals surface area (Å²) in [5.74, 6) is 3.49. The third-order valence-electron chi connectivity index (χ3n) is 16.8. The molecule has 8 fully saturated rings. The van der Waals surface area contributed by atoms with Crippen LogP contribution in [0, 0.1) is 51.2 Å². The van der Waals surface area contributed by atoms with Gasteiger partial charge in [0.1, 0.15) is 6.10 Å². The second kappa shape index (κ2) is 13.1. The summed E-state index contributed by atoms with van der Waals surface area (Å²) < 4.78 is 26.4. The quantitative estimate of drug-likeness (QED) is 0.283. The van der Waals surface area contributed by atoms with Crippen LogP contribution in [0.15, 0.2) is 0 Å². The van der Waals surface area contributed by atoms with Crippen molar-refractivity contribution in [2.24, 2.45) is 51.2 Å². The molecule has 8 aliphatic rings. The average Bonchev–Trinajstić information content (AvgIpc) is 3.63. The van der Waals surface area contributed by atoms with E-state index in [9.17, 15) is 15.3 Å². The second-order valence-corrected chi connectivity index (χ2v) is 19.9. The molecule has 0 bridgehead atoms. The molecule has 3 N–H and O–H groups in total. The van der Waals surface area contributed by atoms with Crippen molar-refractivity contribution < 1.29 is 34.3 Å². The Morgan fingerprint density at radius 2 is 1.66 bits per heavy atom. The molecule has 5 aliphatic carbocycles. The van der Waals surface area contributed by atoms with Gasteiger partial charge in [-0.3, -0.25) is 9.80 Å². The van der Waals surface area contributed by atoms with Crippen LogP contribution in [0.3, 0.4) is 0 Å². The van der Waals surface area contributed by atoms with E-state index in [0.717, 1.165) is 64.0 Å². The zero-order valence-electron chi connectivity index (χ0n) is 32.2. The number of nitrogens with zero attached hydrogens (tertiary/aromatic N) is 2. The van der Waals surface area contributed by atoms with Crippen molar-refractivity contribution in [2.45, 2.75) is 148 Å². The summed E-state index contributed by atoms with van der Waals surface area (Å²) in [6.07, 6.45) is 12.8. The van der Waals surface area contributed by atoms with Crippen molar-refractivity contribution in [1.82, 2.24) is 9.80 Å². The fraction of sp³-hybridized carbons (Fsp3) is 1.00. The van der Waals surface area contributed by atoms with Gasteiger partial charge in [-0.15, -0.1) is 0 Å². The van der Waals surface area contributed by atoms with Crippen LogP contribution in [0.4, 0.5) is 0 Å². The van der Waals surface area contributed by atoms with Gasteiger partial charge in [0.2, 0.25) is 0 Å². The maximum atomic E-state index is 11.0. The molecule has 9 heteroatoms. The van der Waals surface area contributed by atoms with Gasteiger partial charge in [0.25, 0.3) is 0 Å². The number of rotatable bonds is 11. The highest BCUT2D eigenvalue weighted by Crippen LogP contribution is 2.87. The zero-order chi connectivity index (χ0) is 35.3. The van der Waals surface area contributed by atoms with Crippen molar-refractivity contribution in [2.75, 3.05) is 59.2 Å². The van der Waals surface area contributed by atoms with Crippen LogP contribution in [0.25, 0.3) is 0 Å². The van der Waals surface area contributed by atoms with Gasteiger partial charge in [0, 0.05) is 39.3 Å². The highest BCUT2D eigenvalue weighted by Gasteiger charge is 2.80. The Morgan fingerprint density at radius 3 is 2.38 bits per heavy atom. The predicted molar refractivity (Wildman–Crippen MR) is 191 cm³/mol. The van der Waals surface area contributed by atoms with Gasteiger partial charge in [-0.2, -0.15) is 0 Å². The molecule has 3 saturated heterocycles. The number of hydrogen-bond acceptors (Lipinski definition) is 9. The molecule has 5 saturated carbocycles. The minimum Gasteiger partial charge on any atom is -0.395 e. The molecule has 9 nitrogen and oxygen atoms in total. The summed E-state index contributed by atoms with van der Waals surface area (Å²) in [6.45, 7) is 19.6. The Bertz CT molecular complexity index is 1220. The average molecular weight is 703 g/mol. The number of aliphatic hydroxyl groups excluding tert-OH is 2. The number of ether oxygens (including phenoxy) is 4. The lowest BCUT2D eigenvalue weighted by atomic mass is 9.46. The minimum atomic E-state index is -0.908. The SMILES string of the molecule is CCO[C@@H](C1CCC2C(CC3C4CC[C@H]5C(C)(C)[C@@H](OC6CN(CC7CN(C(CO)CO)C7)CCO6)CC[C@@]56C[C@@]46CC[C@]23C)O1)C(C)(C)O. The van der Waals surface area contributed by atoms with Gasteiger partial charge in [0.15, 0.2) is 6.29 Å². The minimum absolute atomic E-state index is 0.0201. The van der Waals surface area contributed by atoms with Gasteiger partial charge >= 0.3 is 0 Å². The number of likely N-dealkylation sites (tertiary alicyclic amines) is 1. The Labute approximate surface area is 302 Å². The molecule has 12 atom stereocenters. The van der Waals surface area contributed by atoms with E-state index >= 15 is 0 Å². The molecule has 3 aliphatic heterocycles. The third kappa shape index (κ3) is 5.72. The first kappa shape index (κ1) is 36.6. The van der Waals surface area contributed by atoms with E-state index < -0.39 is 5.60 Å². The monoisotopic (exact) mass is 703 g/mol. The third-order valence-corrected chi connectivity index (χ3v) is 16.8. The summed E-state index contributed by atoms with van der Waals surface area (Å²) >= 11 is 0. The first-order valence-electron chi connectivity index (χ1n) is 20.7. The van der Waals surface area contributed by atoms with Crippen LogP contribution >= 0.6 is 0 Å². The fourth-order valence-corrected chi connectivity index (χ4v) is 14.4. The van der Waals surface area contributed by atoms with Crippen LogP contribution in [0.1, 0.15) is 106 Å². The number of morpholine rings is 1. The van der Waals surface area contributed by atoms with E-state index in [4.69, 9.17) is 18.9 Å². The van der Waals surface area contributed by atoms with Gasteiger partial charge in [-0.25, -0.2) is 0 Å². The van der Waals surface area contributed by atoms with Gasteiger partial charge in [-0.05, 0) is 136 Å². The second-order valence-electron chi connectivity index (χ2n) is 19.9. The molecule has 50 heavy (non-hydrogen) atoms. The lowest BCUT2D eigenvalue weighted by Gasteiger charge is -2.60. The van der Waals surface area contributed by atoms with Crippen molar-refractivity contribution in [1.29, 1.82) is 0 Å². The molecule has 8 rings (SSSR count). The molecule has 0 aromatic rings. The standard InChI is InChI=1S/C41H70N2O7/c1-7-47-36(38(4,5)46)31-10-8-29-32(49-31)18-30-28-9-11-33-37(2,3)34(12-13-41(33)25-40(28,41)15-14-39(29,30)6)50-35-22-42(16-17-48-35)19-26-20-43(21-26)27(23-44)24-45/h26-36,44-46H,7-25H2,1-6H3/t28?,29?,30?,31?,32?,33-,34-,35?,36-,39+,40-,41+/m0/s1. The molecule has 2 spiro atoms. The molecule has 0 aromatic heterocycles. The largest absolute Gasteiger partial charge is 0.395 e. The van der Waals surface area contributed by atoms with E-state index in [1.807, 2.05) is 20.8 Å². The van der Waals surface area contributed by atoms with Crippen LogP contribution in [0.2, 0.25) is 0 Å². The number of aliphatic hydroxyl groups is 3. The summed E-state index contributed by atoms with van der Waals surface area (Å²) in [6, 6.07) is -0.119. The Kier molecular flexibility index (Phi) is 9.62. The Morgan fingerprint density at radius 1 is 0.900 bits per heavy atom. The zero-order valence-corrected chi connectivity index (χ0v) is 32.2. The molecule has 0 aromatic carbocycles. The Hall–Kier alpha value is -0.360. The van der Waals surface area contributed by atoms with Crippen molar-refractivity contribution in [3.63, 3.8) is 0 Å². The van der Waals surface area contributed by atoms with E-state index in [1.54, 1.807) is 0 Å². The topological polar surface area (TPSA) is 104 Å². The summed E-state index contributed by atoms with van der Waals surface area (Å²) in [4.78, 5) is 4.72. The first-order chi connectivity index (χ1) is 23.8. The number of fused-ring (bicyclic) bond motifs is 4. The maximum Gasteiger partial charge on any atom is 0.170 e. The number of hydrogen-bond donors (Lipinski definition) is 3. The maximum absolute atomic E-state index is 11.0. The van der Waals surface area contributed by atoms with Crippen LogP contribution in [0.5, 0.6) is 0 Å². The summed E-state index contributed by atoms with van der Waals surface area (Å²) in [7, 11) is 0. The molecule has 3 heterocycles. The summed E-state index contributed by atoms with van der Waals surface area (Å²) in [5.41, 5.74) is 0.581. The van der Waals surface area contributed by atoms with E-state index in [1.165, 1.54) is 51.4 Å². The van der Waals surface area contributed by atoms with Crippen LogP contribution < -0.4 is 0 Å². The van der Waals surface area contributed by atoms with Gasteiger partial charge < -0.3 is 34.3 Å². The molecule has 6 unspecified atom stereocenters. The van der Waals surface area contributed by atoms with E-state index in [-0.39, 0.29) is 49.3 Å². The van der Waals surface area contributed by atoms with E-state index in [2.05, 4.69) is 30.6 Å². The summed E-state index contributed by atoms with van der Waals surface area (Å²) in [5, 5.41) is 30.0. The molecular weight excluding hydrogens is 632 g/mol. The molecule has 0 radical (unpaired) electrons. The van der Waals surface area contributed by atoms with Gasteiger partial charge in [0.05, 0.1) is 49.8 Å². The normalized spacial score (nSPS) is 46.7. The highest BCUT2D eigenvalue weighted by molar-refractivity contribution is 5.29. The molecule has 0 amide bonds. The molecular formula is C41H70N2O7. The smallest absolute Gasteiger partial charge is 0.170 e. The van der Waals surface area contributed by atoms with Crippen molar-refractivity contribution in [3.05, 3.63) is 0 Å². The van der Waals surface area contributed by atoms with Gasteiger partial charge in [-0.1, -0.05) is 20.8 Å². The Balaban J connectivity index is 0.900.